The SMILES string of the molecule is CC1(C)c2ccccc2-c2c1ccc1oc3cc(-c4c5ccccc5c(-c5cccc6c5oc5ccc7c(c56)-c5ccccc5C75c6ccccc6-c6ccccc65)c5ccccc45)ccc3c21.CC1(C)c2ccccc2-c2c1ccc1oc3ccc(-c4c5ccccc5c(-c5cccc6c5oc5ccc7c(c56)-c5ccccc5C75c6ccccc6-c6ccccc65)c5ccccc45)cc3c21. The molecular weight excluding hydrogens is 1650 g/mol. The zero-order valence-corrected chi connectivity index (χ0v) is 74.9. The van der Waals surface area contributed by atoms with Crippen molar-refractivity contribution >= 4 is 131 Å². The fourth-order valence-corrected chi connectivity index (χ4v) is 27.2. The van der Waals surface area contributed by atoms with E-state index < -0.39 is 10.8 Å². The molecule has 0 saturated carbocycles. The van der Waals surface area contributed by atoms with Gasteiger partial charge in [0.2, 0.25) is 0 Å². The minimum Gasteiger partial charge on any atom is -0.456 e. The van der Waals surface area contributed by atoms with Gasteiger partial charge in [0, 0.05) is 76.2 Å². The van der Waals surface area contributed by atoms with Crippen molar-refractivity contribution in [3.05, 3.63) is 479 Å². The standard InChI is InChI=1S/2C66H40O2/c1-65(2)49-26-11-9-22-44(49)60-53(65)31-34-56-63(60)48-36-37(30-33-55(48)67-56)58-40-18-3-5-20-42(40)59(43-21-6-4-19-41(43)58)46-24-15-25-47-62-57(68-64(46)47)35-32-54-61(62)45-23-10-14-29-52(45)66(54)50-27-12-7-16-38(50)39-17-8-13-28-51(39)66;1-65(2)49-26-11-9-22-44(49)60-53(65)32-34-55-62(60)46-31-30-37(36-57(46)67-55)58-40-18-3-5-20-42(40)59(43-21-6-4-19-41(43)58)47-24-15-25-48-63-56(68-64(47)48)35-33-54-61(63)45-23-10-14-29-52(45)66(54)50-27-12-7-16-38(50)39-17-8-13-28-51(39)66/h2*3-36H,1-2H3. The molecule has 0 atom stereocenters. The highest BCUT2D eigenvalue weighted by molar-refractivity contribution is 6.30. The molecule has 32 rings (SSSR count). The Morgan fingerprint density at radius 1 is 0.147 bits per heavy atom. The van der Waals surface area contributed by atoms with Crippen LogP contribution in [0, 0.1) is 0 Å². The van der Waals surface area contributed by atoms with Crippen molar-refractivity contribution in [1.29, 1.82) is 0 Å². The maximum absolute atomic E-state index is 7.23. The summed E-state index contributed by atoms with van der Waals surface area (Å²) in [6.07, 6.45) is 0. The van der Waals surface area contributed by atoms with Crippen LogP contribution in [0.2, 0.25) is 0 Å². The van der Waals surface area contributed by atoms with Crippen molar-refractivity contribution in [2.24, 2.45) is 0 Å². The first kappa shape index (κ1) is 74.7. The van der Waals surface area contributed by atoms with Crippen LogP contribution in [-0.4, -0.2) is 0 Å². The van der Waals surface area contributed by atoms with Crippen LogP contribution in [0.25, 0.3) is 242 Å². The summed E-state index contributed by atoms with van der Waals surface area (Å²) in [6, 6.07) is 153. The predicted molar refractivity (Wildman–Crippen MR) is 561 cm³/mol. The smallest absolute Gasteiger partial charge is 0.143 e. The first-order valence-corrected chi connectivity index (χ1v) is 47.7. The van der Waals surface area contributed by atoms with Crippen molar-refractivity contribution in [2.75, 3.05) is 0 Å². The fraction of sp³-hybridized carbons (Fsp3) is 0.0606. The topological polar surface area (TPSA) is 52.6 Å². The van der Waals surface area contributed by atoms with E-state index in [0.717, 1.165) is 82.9 Å². The van der Waals surface area contributed by atoms with Crippen LogP contribution in [0.15, 0.2) is 430 Å². The second-order valence-corrected chi connectivity index (χ2v) is 39.4. The zero-order chi connectivity index (χ0) is 89.2. The molecule has 632 valence electrons. The van der Waals surface area contributed by atoms with Gasteiger partial charge >= 0.3 is 0 Å². The summed E-state index contributed by atoms with van der Waals surface area (Å²) >= 11 is 0. The first-order chi connectivity index (χ1) is 67.0. The second-order valence-electron chi connectivity index (χ2n) is 39.4. The number of rotatable bonds is 4. The summed E-state index contributed by atoms with van der Waals surface area (Å²) in [6.45, 7) is 9.37. The normalized spacial score (nSPS) is 14.6. The summed E-state index contributed by atoms with van der Waals surface area (Å²) in [5.41, 5.74) is 47.1. The van der Waals surface area contributed by atoms with Gasteiger partial charge < -0.3 is 17.7 Å². The van der Waals surface area contributed by atoms with Crippen LogP contribution in [0.3, 0.4) is 0 Å². The van der Waals surface area contributed by atoms with E-state index in [1.54, 1.807) is 0 Å². The number of benzene rings is 22. The molecule has 4 heteroatoms. The Morgan fingerprint density at radius 3 is 0.794 bits per heavy atom. The molecule has 4 nitrogen and oxygen atoms in total. The Kier molecular flexibility index (Phi) is 14.6. The third-order valence-corrected chi connectivity index (χ3v) is 32.6. The average molecular weight is 1730 g/mol. The lowest BCUT2D eigenvalue weighted by Gasteiger charge is -2.30. The van der Waals surface area contributed by atoms with Crippen molar-refractivity contribution in [3.8, 4) is 111 Å². The molecule has 2 spiro atoms. The zero-order valence-electron chi connectivity index (χ0n) is 74.9. The van der Waals surface area contributed by atoms with Gasteiger partial charge in [-0.25, -0.2) is 0 Å². The second kappa shape index (κ2) is 26.5. The minimum absolute atomic E-state index is 0.0838. The van der Waals surface area contributed by atoms with Gasteiger partial charge in [-0.3, -0.25) is 0 Å². The van der Waals surface area contributed by atoms with E-state index in [1.807, 2.05) is 0 Å². The Bertz CT molecular complexity index is 9760. The van der Waals surface area contributed by atoms with Crippen LogP contribution < -0.4 is 0 Å². The van der Waals surface area contributed by atoms with E-state index in [0.29, 0.717) is 0 Å². The Labute approximate surface area is 782 Å². The molecule has 6 aliphatic carbocycles. The van der Waals surface area contributed by atoms with Gasteiger partial charge in [-0.15, -0.1) is 0 Å². The predicted octanol–water partition coefficient (Wildman–Crippen LogP) is 35.6. The monoisotopic (exact) mass is 1730 g/mol. The maximum Gasteiger partial charge on any atom is 0.143 e. The third-order valence-electron chi connectivity index (χ3n) is 32.6. The highest BCUT2D eigenvalue weighted by atomic mass is 16.3. The molecule has 6 aliphatic rings. The van der Waals surface area contributed by atoms with E-state index >= 15 is 0 Å². The molecule has 0 N–H and O–H groups in total. The average Bonchev–Trinajstić information content (AvgIpc) is 1.49. The van der Waals surface area contributed by atoms with E-state index in [2.05, 4.69) is 440 Å². The van der Waals surface area contributed by atoms with Crippen LogP contribution in [0.1, 0.15) is 94.5 Å². The van der Waals surface area contributed by atoms with Crippen molar-refractivity contribution in [3.63, 3.8) is 0 Å². The molecule has 22 aromatic carbocycles. The van der Waals surface area contributed by atoms with Gasteiger partial charge in [-0.2, -0.15) is 0 Å². The molecule has 0 aliphatic heterocycles. The molecule has 4 aromatic heterocycles. The Morgan fingerprint density at radius 2 is 0.404 bits per heavy atom. The number of hydrogen-bond donors (Lipinski definition) is 0. The van der Waals surface area contributed by atoms with E-state index in [-0.39, 0.29) is 10.8 Å². The molecule has 0 unspecified atom stereocenters. The number of fused-ring (bicyclic) bond motifs is 46. The summed E-state index contributed by atoms with van der Waals surface area (Å²) < 4.78 is 27.9. The van der Waals surface area contributed by atoms with Crippen molar-refractivity contribution in [1.82, 2.24) is 0 Å². The van der Waals surface area contributed by atoms with Crippen molar-refractivity contribution in [2.45, 2.75) is 49.4 Å². The van der Waals surface area contributed by atoms with Crippen LogP contribution in [0.5, 0.6) is 0 Å². The Hall–Kier alpha value is -16.9. The quantitative estimate of drug-likeness (QED) is 0.165. The third kappa shape index (κ3) is 9.25. The number of furan rings is 4. The molecular formula is C132H80O4. The first-order valence-electron chi connectivity index (χ1n) is 47.7. The molecule has 0 saturated heterocycles. The summed E-state index contributed by atoms with van der Waals surface area (Å²) in [4.78, 5) is 0. The maximum atomic E-state index is 7.23. The van der Waals surface area contributed by atoms with Crippen molar-refractivity contribution < 1.29 is 17.7 Å². The molecule has 0 radical (unpaired) electrons. The van der Waals surface area contributed by atoms with Crippen LogP contribution in [-0.2, 0) is 21.7 Å². The lowest BCUT2D eigenvalue weighted by atomic mass is 9.70. The summed E-state index contributed by atoms with van der Waals surface area (Å²) in [7, 11) is 0. The lowest BCUT2D eigenvalue weighted by molar-refractivity contribution is 0.656. The van der Waals surface area contributed by atoms with Gasteiger partial charge in [0.15, 0.2) is 0 Å². The fourth-order valence-electron chi connectivity index (χ4n) is 27.2. The highest BCUT2D eigenvalue weighted by Gasteiger charge is 2.55. The van der Waals surface area contributed by atoms with E-state index in [4.69, 9.17) is 17.7 Å². The number of para-hydroxylation sites is 2. The van der Waals surface area contributed by atoms with Crippen LogP contribution in [0.4, 0.5) is 0 Å². The largest absolute Gasteiger partial charge is 0.456 e. The van der Waals surface area contributed by atoms with Gasteiger partial charge in [-0.1, -0.05) is 392 Å². The highest BCUT2D eigenvalue weighted by Crippen LogP contribution is 2.68. The molecule has 0 fully saturated rings. The Balaban J connectivity index is 0.000000127. The molecule has 0 amide bonds. The van der Waals surface area contributed by atoms with E-state index in [1.165, 1.54) is 226 Å². The van der Waals surface area contributed by atoms with Gasteiger partial charge in [0.1, 0.15) is 44.7 Å². The summed E-state index contributed by atoms with van der Waals surface area (Å²) in [5, 5.41) is 18.8. The number of hydrogen-bond acceptors (Lipinski definition) is 4. The van der Waals surface area contributed by atoms with Gasteiger partial charge in [0.05, 0.1) is 10.8 Å². The molecule has 0 bridgehead atoms. The summed E-state index contributed by atoms with van der Waals surface area (Å²) in [5.74, 6) is 0. The molecule has 26 aromatic rings. The lowest BCUT2D eigenvalue weighted by Crippen LogP contribution is -2.25. The van der Waals surface area contributed by atoms with Gasteiger partial charge in [-0.05, 0) is 247 Å². The van der Waals surface area contributed by atoms with Gasteiger partial charge in [0.25, 0.3) is 0 Å². The molecule has 136 heavy (non-hydrogen) atoms. The molecule has 4 heterocycles. The van der Waals surface area contributed by atoms with Crippen LogP contribution >= 0.6 is 0 Å². The van der Waals surface area contributed by atoms with E-state index in [9.17, 15) is 0 Å². The minimum atomic E-state index is -0.427.